The van der Waals surface area contributed by atoms with Crippen molar-refractivity contribution in [1.29, 1.82) is 0 Å². The van der Waals surface area contributed by atoms with E-state index in [-0.39, 0.29) is 24.1 Å². The summed E-state index contributed by atoms with van der Waals surface area (Å²) in [5.74, 6) is 0.205. The summed E-state index contributed by atoms with van der Waals surface area (Å²) in [6.07, 6.45) is 3.39. The molecule has 0 fully saturated rings. The molecule has 0 atom stereocenters. The van der Waals surface area contributed by atoms with Crippen LogP contribution in [0.4, 0.5) is 5.69 Å². The summed E-state index contributed by atoms with van der Waals surface area (Å²) in [6, 6.07) is 19.1. The van der Waals surface area contributed by atoms with E-state index in [1.54, 1.807) is 12.4 Å². The van der Waals surface area contributed by atoms with Gasteiger partial charge in [0, 0.05) is 29.3 Å². The lowest BCUT2D eigenvalue weighted by molar-refractivity contribution is -0.122. The van der Waals surface area contributed by atoms with Gasteiger partial charge in [-0.1, -0.05) is 42.1 Å². The molecule has 34 heavy (non-hydrogen) atoms. The maximum absolute atomic E-state index is 12.4. The molecule has 0 saturated heterocycles. The molecule has 0 spiro atoms. The number of aromatic nitrogens is 4. The first-order valence-electron chi connectivity index (χ1n) is 10.7. The third-order valence-corrected chi connectivity index (χ3v) is 6.17. The fourth-order valence-electron chi connectivity index (χ4n) is 3.30. The van der Waals surface area contributed by atoms with Gasteiger partial charge in [-0.25, -0.2) is 0 Å². The summed E-state index contributed by atoms with van der Waals surface area (Å²) in [4.78, 5) is 28.8. The SMILES string of the molecule is Cc1cccc(NC(=O)CNC(=O)CSc2nnc(-c3ccncc3)n2-c2ccccc2)c1C. The van der Waals surface area contributed by atoms with E-state index in [1.165, 1.54) is 11.8 Å². The number of aryl methyl sites for hydroxylation is 1. The van der Waals surface area contributed by atoms with Crippen LogP contribution in [0.25, 0.3) is 17.1 Å². The topological polar surface area (TPSA) is 102 Å². The van der Waals surface area contributed by atoms with Crippen LogP contribution in [0.15, 0.2) is 78.2 Å². The van der Waals surface area contributed by atoms with Gasteiger partial charge in [-0.2, -0.15) is 0 Å². The molecule has 8 nitrogen and oxygen atoms in total. The number of carbonyl (C=O) groups excluding carboxylic acids is 2. The lowest BCUT2D eigenvalue weighted by Gasteiger charge is -2.11. The molecule has 2 N–H and O–H groups in total. The normalized spacial score (nSPS) is 10.6. The molecule has 9 heteroatoms. The van der Waals surface area contributed by atoms with Crippen molar-refractivity contribution in [3.05, 3.63) is 84.2 Å². The second-order valence-corrected chi connectivity index (χ2v) is 8.52. The van der Waals surface area contributed by atoms with Gasteiger partial charge in [0.2, 0.25) is 11.8 Å². The van der Waals surface area contributed by atoms with Crippen molar-refractivity contribution in [3.8, 4) is 17.1 Å². The molecule has 0 aliphatic carbocycles. The van der Waals surface area contributed by atoms with Crippen molar-refractivity contribution in [3.63, 3.8) is 0 Å². The summed E-state index contributed by atoms with van der Waals surface area (Å²) in [6.45, 7) is 3.82. The van der Waals surface area contributed by atoms with E-state index in [1.807, 2.05) is 79.1 Å². The highest BCUT2D eigenvalue weighted by molar-refractivity contribution is 7.99. The number of amides is 2. The number of benzene rings is 2. The number of anilines is 1. The fourth-order valence-corrected chi connectivity index (χ4v) is 4.08. The molecule has 4 aromatic rings. The average Bonchev–Trinajstić information content (AvgIpc) is 3.29. The van der Waals surface area contributed by atoms with E-state index in [0.29, 0.717) is 11.0 Å². The van der Waals surface area contributed by atoms with Gasteiger partial charge in [0.15, 0.2) is 11.0 Å². The summed E-state index contributed by atoms with van der Waals surface area (Å²) in [7, 11) is 0. The molecule has 2 amide bonds. The Labute approximate surface area is 201 Å². The van der Waals surface area contributed by atoms with E-state index >= 15 is 0 Å². The van der Waals surface area contributed by atoms with Gasteiger partial charge in [-0.3, -0.25) is 19.1 Å². The predicted molar refractivity (Wildman–Crippen MR) is 133 cm³/mol. The molecule has 2 aromatic carbocycles. The van der Waals surface area contributed by atoms with Crippen LogP contribution in [0.5, 0.6) is 0 Å². The Hall–Kier alpha value is -3.98. The smallest absolute Gasteiger partial charge is 0.243 e. The molecule has 172 valence electrons. The zero-order chi connectivity index (χ0) is 23.9. The number of para-hydroxylation sites is 1. The van der Waals surface area contributed by atoms with Crippen molar-refractivity contribution in [2.75, 3.05) is 17.6 Å². The number of thioether (sulfide) groups is 1. The minimum absolute atomic E-state index is 0.0953. The largest absolute Gasteiger partial charge is 0.346 e. The summed E-state index contributed by atoms with van der Waals surface area (Å²) in [5, 5.41) is 14.7. The predicted octanol–water partition coefficient (Wildman–Crippen LogP) is 3.79. The lowest BCUT2D eigenvalue weighted by atomic mass is 10.1. The number of carbonyl (C=O) groups is 2. The zero-order valence-electron chi connectivity index (χ0n) is 18.9. The standard InChI is InChI=1S/C25H24N6O2S/c1-17-7-6-10-21(18(17)2)28-22(32)15-27-23(33)16-34-25-30-29-24(19-11-13-26-14-12-19)31(25)20-8-4-3-5-9-20/h3-14H,15-16H2,1-2H3,(H,27,33)(H,28,32). The molecule has 4 rings (SSSR count). The van der Waals surface area contributed by atoms with E-state index in [2.05, 4.69) is 25.8 Å². The van der Waals surface area contributed by atoms with Gasteiger partial charge in [0.05, 0.1) is 12.3 Å². The molecule has 0 aliphatic rings. The number of hydrogen-bond donors (Lipinski definition) is 2. The van der Waals surface area contributed by atoms with Crippen LogP contribution in [0.1, 0.15) is 11.1 Å². The van der Waals surface area contributed by atoms with Gasteiger partial charge in [-0.15, -0.1) is 10.2 Å². The molecule has 0 bridgehead atoms. The van der Waals surface area contributed by atoms with Crippen LogP contribution in [-0.4, -0.2) is 43.9 Å². The zero-order valence-corrected chi connectivity index (χ0v) is 19.7. The Kier molecular flexibility index (Phi) is 7.34. The number of rotatable bonds is 8. The van der Waals surface area contributed by atoms with Crippen molar-refractivity contribution >= 4 is 29.3 Å². The van der Waals surface area contributed by atoms with E-state index in [0.717, 1.165) is 28.1 Å². The Morgan fingerprint density at radius 2 is 1.68 bits per heavy atom. The molecular formula is C25H24N6O2S. The first kappa shape index (κ1) is 23.2. The van der Waals surface area contributed by atoms with E-state index in [9.17, 15) is 9.59 Å². The van der Waals surface area contributed by atoms with Crippen LogP contribution < -0.4 is 10.6 Å². The van der Waals surface area contributed by atoms with Gasteiger partial charge >= 0.3 is 0 Å². The van der Waals surface area contributed by atoms with Crippen molar-refractivity contribution in [2.24, 2.45) is 0 Å². The highest BCUT2D eigenvalue weighted by Crippen LogP contribution is 2.27. The van der Waals surface area contributed by atoms with Crippen LogP contribution in [-0.2, 0) is 9.59 Å². The Morgan fingerprint density at radius 1 is 0.912 bits per heavy atom. The molecule has 0 unspecified atom stereocenters. The van der Waals surface area contributed by atoms with Gasteiger partial charge in [0.25, 0.3) is 0 Å². The van der Waals surface area contributed by atoms with Crippen molar-refractivity contribution in [1.82, 2.24) is 25.1 Å². The number of nitrogens with one attached hydrogen (secondary N) is 2. The van der Waals surface area contributed by atoms with Crippen LogP contribution in [0.3, 0.4) is 0 Å². The minimum Gasteiger partial charge on any atom is -0.346 e. The monoisotopic (exact) mass is 472 g/mol. The van der Waals surface area contributed by atoms with Crippen molar-refractivity contribution < 1.29 is 9.59 Å². The quantitative estimate of drug-likeness (QED) is 0.378. The first-order chi connectivity index (χ1) is 16.5. The summed E-state index contributed by atoms with van der Waals surface area (Å²) < 4.78 is 1.90. The first-order valence-corrected chi connectivity index (χ1v) is 11.7. The van der Waals surface area contributed by atoms with Crippen molar-refractivity contribution in [2.45, 2.75) is 19.0 Å². The van der Waals surface area contributed by atoms with Gasteiger partial charge < -0.3 is 10.6 Å². The van der Waals surface area contributed by atoms with Crippen LogP contribution >= 0.6 is 11.8 Å². The lowest BCUT2D eigenvalue weighted by Crippen LogP contribution is -2.34. The maximum Gasteiger partial charge on any atom is 0.243 e. The highest BCUT2D eigenvalue weighted by Gasteiger charge is 2.17. The highest BCUT2D eigenvalue weighted by atomic mass is 32.2. The Balaban J connectivity index is 1.40. The number of hydrogen-bond acceptors (Lipinski definition) is 6. The van der Waals surface area contributed by atoms with E-state index < -0.39 is 0 Å². The molecule has 0 saturated carbocycles. The molecular weight excluding hydrogens is 448 g/mol. The minimum atomic E-state index is -0.278. The van der Waals surface area contributed by atoms with Gasteiger partial charge in [0.1, 0.15) is 0 Å². The molecule has 2 aromatic heterocycles. The summed E-state index contributed by atoms with van der Waals surface area (Å²) in [5.41, 5.74) is 4.59. The Bertz CT molecular complexity index is 1290. The summed E-state index contributed by atoms with van der Waals surface area (Å²) >= 11 is 1.26. The maximum atomic E-state index is 12.4. The van der Waals surface area contributed by atoms with Crippen LogP contribution in [0.2, 0.25) is 0 Å². The van der Waals surface area contributed by atoms with E-state index in [4.69, 9.17) is 0 Å². The third-order valence-electron chi connectivity index (χ3n) is 5.24. The van der Waals surface area contributed by atoms with Crippen LogP contribution in [0, 0.1) is 13.8 Å². The molecule has 2 heterocycles. The number of nitrogens with zero attached hydrogens (tertiary/aromatic N) is 4. The second-order valence-electron chi connectivity index (χ2n) is 7.57. The molecule has 0 radical (unpaired) electrons. The number of pyridine rings is 1. The second kappa shape index (κ2) is 10.8. The average molecular weight is 473 g/mol. The third kappa shape index (κ3) is 5.49. The molecule has 0 aliphatic heterocycles. The van der Waals surface area contributed by atoms with Gasteiger partial charge in [-0.05, 0) is 55.3 Å². The Morgan fingerprint density at radius 3 is 2.44 bits per heavy atom. The fraction of sp³-hybridized carbons (Fsp3) is 0.160.